The summed E-state index contributed by atoms with van der Waals surface area (Å²) in [6, 6.07) is 11.1. The van der Waals surface area contributed by atoms with Crippen LogP contribution in [0.4, 0.5) is 5.69 Å². The number of hydrogen-bond acceptors (Lipinski definition) is 5. The number of nitrogens with one attached hydrogen (secondary N) is 1. The van der Waals surface area contributed by atoms with Gasteiger partial charge in [-0.15, -0.1) is 0 Å². The molecule has 0 saturated heterocycles. The van der Waals surface area contributed by atoms with E-state index in [2.05, 4.69) is 36.2 Å². The van der Waals surface area contributed by atoms with Crippen molar-refractivity contribution in [1.29, 1.82) is 0 Å². The fourth-order valence-corrected chi connectivity index (χ4v) is 3.62. The molecule has 1 saturated carbocycles. The molecule has 4 rings (SSSR count). The van der Waals surface area contributed by atoms with Gasteiger partial charge in [-0.1, -0.05) is 44.1 Å². The van der Waals surface area contributed by atoms with E-state index in [9.17, 15) is 9.59 Å². The summed E-state index contributed by atoms with van der Waals surface area (Å²) in [6.07, 6.45) is 2.78. The van der Waals surface area contributed by atoms with Crippen LogP contribution in [0.5, 0.6) is 0 Å². The van der Waals surface area contributed by atoms with Gasteiger partial charge in [-0.25, -0.2) is 4.98 Å². The van der Waals surface area contributed by atoms with E-state index in [1.807, 2.05) is 36.4 Å². The Morgan fingerprint density at radius 2 is 1.90 bits per heavy atom. The zero-order valence-electron chi connectivity index (χ0n) is 18.4. The number of amides is 2. The Morgan fingerprint density at radius 3 is 2.55 bits per heavy atom. The van der Waals surface area contributed by atoms with Crippen molar-refractivity contribution in [2.45, 2.75) is 46.0 Å². The Morgan fingerprint density at radius 1 is 1.19 bits per heavy atom. The first-order valence-corrected chi connectivity index (χ1v) is 10.6. The number of fused-ring (bicyclic) bond motifs is 1. The highest BCUT2D eigenvalue weighted by Gasteiger charge is 2.31. The fourth-order valence-electron chi connectivity index (χ4n) is 3.62. The molecule has 2 heterocycles. The van der Waals surface area contributed by atoms with E-state index >= 15 is 0 Å². The predicted octanol–water partition coefficient (Wildman–Crippen LogP) is 4.40. The van der Waals surface area contributed by atoms with Crippen molar-refractivity contribution >= 4 is 28.6 Å². The van der Waals surface area contributed by atoms with Gasteiger partial charge in [0.05, 0.1) is 23.2 Å². The Bertz CT molecular complexity index is 1110. The molecule has 0 unspecified atom stereocenters. The number of carbonyl (C=O) groups is 2. The number of rotatable bonds is 6. The number of nitrogens with zero attached hydrogens (tertiary/aromatic N) is 3. The average molecular weight is 421 g/mol. The minimum absolute atomic E-state index is 0.0270. The van der Waals surface area contributed by atoms with Gasteiger partial charge < -0.3 is 14.7 Å². The van der Waals surface area contributed by atoms with Crippen LogP contribution in [0.15, 0.2) is 40.9 Å². The maximum Gasteiger partial charge on any atom is 0.259 e. The lowest BCUT2D eigenvalue weighted by atomic mass is 9.89. The molecule has 1 N–H and O–H groups in total. The zero-order valence-corrected chi connectivity index (χ0v) is 18.4. The van der Waals surface area contributed by atoms with Gasteiger partial charge in [-0.2, -0.15) is 0 Å². The second kappa shape index (κ2) is 8.13. The molecule has 0 atom stereocenters. The molecule has 0 spiro atoms. The molecule has 1 aliphatic carbocycles. The number of benzene rings is 1. The van der Waals surface area contributed by atoms with E-state index in [4.69, 9.17) is 4.52 Å². The third-order valence-electron chi connectivity index (χ3n) is 5.25. The predicted molar refractivity (Wildman–Crippen MR) is 119 cm³/mol. The molecule has 7 nitrogen and oxygen atoms in total. The maximum absolute atomic E-state index is 13.4. The highest BCUT2D eigenvalue weighted by molar-refractivity contribution is 6.07. The smallest absolute Gasteiger partial charge is 0.259 e. The SMILES string of the molecule is CN(CC(=O)Nc1ccccc1)C(=O)c1cc(C2CC2)nc2onc(CC(C)(C)C)c12. The third kappa shape index (κ3) is 4.93. The molecule has 162 valence electrons. The normalized spacial score (nSPS) is 13.9. The third-order valence-corrected chi connectivity index (χ3v) is 5.25. The van der Waals surface area contributed by atoms with Crippen LogP contribution in [-0.2, 0) is 11.2 Å². The van der Waals surface area contributed by atoms with Crippen LogP contribution in [0.1, 0.15) is 61.3 Å². The minimum Gasteiger partial charge on any atom is -0.336 e. The van der Waals surface area contributed by atoms with Crippen molar-refractivity contribution in [1.82, 2.24) is 15.0 Å². The lowest BCUT2D eigenvalue weighted by molar-refractivity contribution is -0.116. The van der Waals surface area contributed by atoms with Crippen LogP contribution in [0.25, 0.3) is 11.1 Å². The molecule has 1 aliphatic rings. The van der Waals surface area contributed by atoms with Crippen molar-refractivity contribution in [3.8, 4) is 0 Å². The number of pyridine rings is 1. The molecule has 1 fully saturated rings. The molecule has 3 aromatic rings. The van der Waals surface area contributed by atoms with E-state index in [0.29, 0.717) is 34.7 Å². The van der Waals surface area contributed by atoms with Crippen molar-refractivity contribution in [3.63, 3.8) is 0 Å². The molecule has 2 amide bonds. The summed E-state index contributed by atoms with van der Waals surface area (Å²) in [6.45, 7) is 6.28. The summed E-state index contributed by atoms with van der Waals surface area (Å²) < 4.78 is 5.53. The van der Waals surface area contributed by atoms with Gasteiger partial charge in [-0.05, 0) is 42.9 Å². The molecule has 1 aromatic carbocycles. The number of anilines is 1. The number of para-hydroxylation sites is 1. The Kier molecular flexibility index (Phi) is 5.52. The number of hydrogen-bond donors (Lipinski definition) is 1. The lowest BCUT2D eigenvalue weighted by Gasteiger charge is -2.19. The van der Waals surface area contributed by atoms with Gasteiger partial charge in [0.25, 0.3) is 11.6 Å². The fraction of sp³-hybridized carbons (Fsp3) is 0.417. The monoisotopic (exact) mass is 420 g/mol. The molecule has 7 heteroatoms. The molecule has 0 radical (unpaired) electrons. The van der Waals surface area contributed by atoms with Gasteiger partial charge in [0.15, 0.2) is 0 Å². The lowest BCUT2D eigenvalue weighted by Crippen LogP contribution is -2.35. The number of likely N-dealkylation sites (N-methyl/N-ethyl adjacent to an activating group) is 1. The second-order valence-electron chi connectivity index (χ2n) is 9.49. The van der Waals surface area contributed by atoms with Crippen LogP contribution < -0.4 is 5.32 Å². The van der Waals surface area contributed by atoms with Gasteiger partial charge in [0.1, 0.15) is 0 Å². The van der Waals surface area contributed by atoms with E-state index in [-0.39, 0.29) is 23.8 Å². The van der Waals surface area contributed by atoms with E-state index in [1.165, 1.54) is 4.90 Å². The molecule has 31 heavy (non-hydrogen) atoms. The van der Waals surface area contributed by atoms with Crippen molar-refractivity contribution in [3.05, 3.63) is 53.3 Å². The first-order valence-electron chi connectivity index (χ1n) is 10.6. The second-order valence-corrected chi connectivity index (χ2v) is 9.49. The van der Waals surface area contributed by atoms with Crippen LogP contribution in [0, 0.1) is 5.41 Å². The molecule has 0 bridgehead atoms. The molecular weight excluding hydrogens is 392 g/mol. The van der Waals surface area contributed by atoms with Crippen LogP contribution in [0.3, 0.4) is 0 Å². The maximum atomic E-state index is 13.4. The van der Waals surface area contributed by atoms with E-state index in [1.54, 1.807) is 7.05 Å². The van der Waals surface area contributed by atoms with Gasteiger partial charge in [0.2, 0.25) is 5.91 Å². The average Bonchev–Trinajstić information content (AvgIpc) is 3.49. The first-order chi connectivity index (χ1) is 14.7. The number of aromatic nitrogens is 2. The van der Waals surface area contributed by atoms with Crippen LogP contribution in [0.2, 0.25) is 0 Å². The van der Waals surface area contributed by atoms with Gasteiger partial charge in [-0.3, -0.25) is 9.59 Å². The summed E-state index contributed by atoms with van der Waals surface area (Å²) in [4.78, 5) is 31.9. The summed E-state index contributed by atoms with van der Waals surface area (Å²) >= 11 is 0. The van der Waals surface area contributed by atoms with Gasteiger partial charge in [0, 0.05) is 24.3 Å². The Balaban J connectivity index is 1.62. The van der Waals surface area contributed by atoms with E-state index in [0.717, 1.165) is 24.2 Å². The molecular formula is C24H28N4O3. The van der Waals surface area contributed by atoms with E-state index < -0.39 is 0 Å². The summed E-state index contributed by atoms with van der Waals surface area (Å²) in [5.74, 6) is -0.135. The van der Waals surface area contributed by atoms with Crippen molar-refractivity contribution in [2.75, 3.05) is 18.9 Å². The molecule has 2 aromatic heterocycles. The van der Waals surface area contributed by atoms with Crippen molar-refractivity contribution < 1.29 is 14.1 Å². The highest BCUT2D eigenvalue weighted by Crippen LogP contribution is 2.41. The topological polar surface area (TPSA) is 88.3 Å². The summed E-state index contributed by atoms with van der Waals surface area (Å²) in [5, 5.41) is 7.70. The quantitative estimate of drug-likeness (QED) is 0.639. The minimum atomic E-state index is -0.255. The van der Waals surface area contributed by atoms with Crippen LogP contribution >= 0.6 is 0 Å². The molecule has 0 aliphatic heterocycles. The summed E-state index contributed by atoms with van der Waals surface area (Å²) in [5.41, 5.74) is 3.15. The van der Waals surface area contributed by atoms with Gasteiger partial charge >= 0.3 is 0 Å². The van der Waals surface area contributed by atoms with Crippen molar-refractivity contribution in [2.24, 2.45) is 5.41 Å². The van der Waals surface area contributed by atoms with Crippen LogP contribution in [-0.4, -0.2) is 40.4 Å². The number of carbonyl (C=O) groups excluding carboxylic acids is 2. The Hall–Kier alpha value is -3.22. The largest absolute Gasteiger partial charge is 0.336 e. The summed E-state index contributed by atoms with van der Waals surface area (Å²) in [7, 11) is 1.63. The first kappa shape index (κ1) is 21.0. The highest BCUT2D eigenvalue weighted by atomic mass is 16.5. The Labute approximate surface area is 181 Å². The zero-order chi connectivity index (χ0) is 22.2. The standard InChI is InChI=1S/C24H28N4O3/c1-24(2,3)13-19-21-17(12-18(15-10-11-15)26-22(21)31-27-19)23(30)28(4)14-20(29)25-16-8-6-5-7-9-16/h5-9,12,15H,10-11,13-14H2,1-4H3,(H,25,29).